The highest BCUT2D eigenvalue weighted by Crippen LogP contribution is 2.40. The van der Waals surface area contributed by atoms with Gasteiger partial charge in [0.15, 0.2) is 0 Å². The summed E-state index contributed by atoms with van der Waals surface area (Å²) in [7, 11) is 0. The van der Waals surface area contributed by atoms with Gasteiger partial charge < -0.3 is 10.8 Å². The summed E-state index contributed by atoms with van der Waals surface area (Å²) < 4.78 is 38.2. The minimum Gasteiger partial charge on any atom is -0.398 e. The molecule has 3 N–H and O–H groups in total. The molecule has 100 valence electrons. The summed E-state index contributed by atoms with van der Waals surface area (Å²) in [5, 5.41) is 9.62. The Morgan fingerprint density at radius 3 is 2.06 bits per heavy atom. The zero-order valence-corrected chi connectivity index (χ0v) is 10.5. The predicted octanol–water partition coefficient (Wildman–Crippen LogP) is 3.07. The van der Waals surface area contributed by atoms with Crippen LogP contribution in [0.4, 0.5) is 18.9 Å². The first-order valence-electron chi connectivity index (χ1n) is 5.41. The number of benzene rings is 1. The molecule has 1 aromatic rings. The molecule has 0 spiro atoms. The van der Waals surface area contributed by atoms with Gasteiger partial charge in [-0.15, -0.1) is 5.92 Å². The minimum absolute atomic E-state index is 0.148. The SMILES string of the molecule is CC.CC#CC(O)(c1ccccc1N)C(F)(F)F. The lowest BCUT2D eigenvalue weighted by Crippen LogP contribution is -2.41. The summed E-state index contributed by atoms with van der Waals surface area (Å²) in [5.74, 6) is 3.82. The van der Waals surface area contributed by atoms with E-state index in [2.05, 4.69) is 5.92 Å². The standard InChI is InChI=1S/C11H10F3NO.C2H6/c1-2-7-10(16,11(12,13)14)8-5-3-4-6-9(8)15;1-2/h3-6,16H,15H2,1H3;1-2H3. The fraction of sp³-hybridized carbons (Fsp3) is 0.385. The Hall–Kier alpha value is -1.67. The van der Waals surface area contributed by atoms with Crippen molar-refractivity contribution >= 4 is 5.69 Å². The van der Waals surface area contributed by atoms with Crippen LogP contribution in [0.1, 0.15) is 26.3 Å². The topological polar surface area (TPSA) is 46.2 Å². The molecule has 0 heterocycles. The van der Waals surface area contributed by atoms with Crippen LogP contribution in [-0.2, 0) is 5.60 Å². The van der Waals surface area contributed by atoms with Crippen LogP contribution in [0.2, 0.25) is 0 Å². The molecule has 1 aromatic carbocycles. The van der Waals surface area contributed by atoms with Crippen molar-refractivity contribution in [3.63, 3.8) is 0 Å². The third kappa shape index (κ3) is 3.17. The molecular formula is C13H16F3NO. The van der Waals surface area contributed by atoms with E-state index in [1.807, 2.05) is 13.8 Å². The van der Waals surface area contributed by atoms with E-state index in [4.69, 9.17) is 5.73 Å². The lowest BCUT2D eigenvalue weighted by atomic mass is 9.92. The predicted molar refractivity (Wildman–Crippen MR) is 65.6 cm³/mol. The number of hydrogen-bond acceptors (Lipinski definition) is 2. The van der Waals surface area contributed by atoms with E-state index >= 15 is 0 Å². The number of aliphatic hydroxyl groups is 1. The number of alkyl halides is 3. The largest absolute Gasteiger partial charge is 0.433 e. The Kier molecular flexibility index (Phi) is 5.73. The Bertz CT molecular complexity index is 446. The van der Waals surface area contributed by atoms with E-state index in [1.165, 1.54) is 25.1 Å². The highest BCUT2D eigenvalue weighted by atomic mass is 19.4. The molecule has 0 aromatic heterocycles. The molecule has 18 heavy (non-hydrogen) atoms. The summed E-state index contributed by atoms with van der Waals surface area (Å²) in [4.78, 5) is 0. The van der Waals surface area contributed by atoms with Crippen LogP contribution in [0.25, 0.3) is 0 Å². The Morgan fingerprint density at radius 2 is 1.67 bits per heavy atom. The molecule has 1 atom stereocenters. The Labute approximate surface area is 105 Å². The molecule has 2 nitrogen and oxygen atoms in total. The Morgan fingerprint density at radius 1 is 1.17 bits per heavy atom. The van der Waals surface area contributed by atoms with Gasteiger partial charge in [-0.1, -0.05) is 38.0 Å². The summed E-state index contributed by atoms with van der Waals surface area (Å²) in [5.41, 5.74) is 1.60. The molecular weight excluding hydrogens is 243 g/mol. The van der Waals surface area contributed by atoms with Gasteiger partial charge in [-0.05, 0) is 13.0 Å². The molecule has 0 fully saturated rings. The van der Waals surface area contributed by atoms with Crippen molar-refractivity contribution in [1.82, 2.24) is 0 Å². The zero-order chi connectivity index (χ0) is 14.4. The van der Waals surface area contributed by atoms with Gasteiger partial charge in [-0.25, -0.2) is 0 Å². The first-order chi connectivity index (χ1) is 8.33. The van der Waals surface area contributed by atoms with Crippen molar-refractivity contribution in [2.75, 3.05) is 5.73 Å². The molecule has 5 heteroatoms. The van der Waals surface area contributed by atoms with Crippen molar-refractivity contribution in [2.24, 2.45) is 0 Å². The molecule has 0 aliphatic carbocycles. The molecule has 0 bridgehead atoms. The second kappa shape index (κ2) is 6.31. The third-order valence-electron chi connectivity index (χ3n) is 2.07. The molecule has 0 amide bonds. The number of nitrogens with two attached hydrogens (primary N) is 1. The van der Waals surface area contributed by atoms with Crippen LogP contribution >= 0.6 is 0 Å². The third-order valence-corrected chi connectivity index (χ3v) is 2.07. The number of hydrogen-bond donors (Lipinski definition) is 2. The smallest absolute Gasteiger partial charge is 0.398 e. The van der Waals surface area contributed by atoms with Crippen molar-refractivity contribution in [3.8, 4) is 11.8 Å². The second-order valence-corrected chi connectivity index (χ2v) is 3.17. The average molecular weight is 259 g/mol. The van der Waals surface area contributed by atoms with E-state index < -0.39 is 17.3 Å². The molecule has 0 aliphatic heterocycles. The van der Waals surface area contributed by atoms with Gasteiger partial charge in [0, 0.05) is 11.3 Å². The number of rotatable bonds is 1. The van der Waals surface area contributed by atoms with Crippen LogP contribution in [0.15, 0.2) is 24.3 Å². The lowest BCUT2D eigenvalue weighted by molar-refractivity contribution is -0.240. The van der Waals surface area contributed by atoms with E-state index in [1.54, 1.807) is 5.92 Å². The van der Waals surface area contributed by atoms with Crippen LogP contribution in [-0.4, -0.2) is 11.3 Å². The monoisotopic (exact) mass is 259 g/mol. The fourth-order valence-corrected chi connectivity index (χ4v) is 1.30. The molecule has 0 aliphatic rings. The molecule has 0 saturated heterocycles. The minimum atomic E-state index is -4.90. The summed E-state index contributed by atoms with van der Waals surface area (Å²) >= 11 is 0. The van der Waals surface area contributed by atoms with E-state index in [-0.39, 0.29) is 5.69 Å². The number of halogens is 3. The number of anilines is 1. The van der Waals surface area contributed by atoms with Gasteiger partial charge in [0.2, 0.25) is 5.60 Å². The maximum Gasteiger partial charge on any atom is 0.433 e. The van der Waals surface area contributed by atoms with Gasteiger partial charge in [0.1, 0.15) is 0 Å². The highest BCUT2D eigenvalue weighted by molar-refractivity contribution is 5.53. The second-order valence-electron chi connectivity index (χ2n) is 3.17. The van der Waals surface area contributed by atoms with Gasteiger partial charge in [0.25, 0.3) is 0 Å². The van der Waals surface area contributed by atoms with Crippen LogP contribution < -0.4 is 5.73 Å². The quantitative estimate of drug-likeness (QED) is 0.601. The molecule has 0 saturated carbocycles. The summed E-state index contributed by atoms with van der Waals surface area (Å²) in [6, 6.07) is 5.23. The van der Waals surface area contributed by atoms with E-state index in [0.29, 0.717) is 0 Å². The van der Waals surface area contributed by atoms with Gasteiger partial charge >= 0.3 is 6.18 Å². The van der Waals surface area contributed by atoms with E-state index in [0.717, 1.165) is 6.07 Å². The van der Waals surface area contributed by atoms with Crippen molar-refractivity contribution < 1.29 is 18.3 Å². The zero-order valence-electron chi connectivity index (χ0n) is 10.5. The first-order valence-corrected chi connectivity index (χ1v) is 5.41. The van der Waals surface area contributed by atoms with Crippen LogP contribution in [0.3, 0.4) is 0 Å². The fourth-order valence-electron chi connectivity index (χ4n) is 1.30. The summed E-state index contributed by atoms with van der Waals surface area (Å²) in [6.07, 6.45) is -4.90. The van der Waals surface area contributed by atoms with Gasteiger partial charge in [-0.3, -0.25) is 0 Å². The van der Waals surface area contributed by atoms with Crippen molar-refractivity contribution in [1.29, 1.82) is 0 Å². The normalized spacial score (nSPS) is 13.5. The van der Waals surface area contributed by atoms with E-state index in [9.17, 15) is 18.3 Å². The number of nitrogen functional groups attached to an aromatic ring is 1. The van der Waals surface area contributed by atoms with Crippen LogP contribution in [0.5, 0.6) is 0 Å². The van der Waals surface area contributed by atoms with Gasteiger partial charge in [-0.2, -0.15) is 13.2 Å². The average Bonchev–Trinajstić information content (AvgIpc) is 2.31. The highest BCUT2D eigenvalue weighted by Gasteiger charge is 2.55. The van der Waals surface area contributed by atoms with Gasteiger partial charge in [0.05, 0.1) is 0 Å². The van der Waals surface area contributed by atoms with Crippen molar-refractivity contribution in [3.05, 3.63) is 29.8 Å². The number of para-hydroxylation sites is 1. The van der Waals surface area contributed by atoms with Crippen molar-refractivity contribution in [2.45, 2.75) is 32.5 Å². The molecule has 1 unspecified atom stereocenters. The maximum atomic E-state index is 12.7. The lowest BCUT2D eigenvalue weighted by Gasteiger charge is -2.26. The Balaban J connectivity index is 0.00000137. The van der Waals surface area contributed by atoms with Crippen LogP contribution in [0, 0.1) is 11.8 Å². The molecule has 0 radical (unpaired) electrons. The molecule has 1 rings (SSSR count). The maximum absolute atomic E-state index is 12.7. The first kappa shape index (κ1) is 16.3. The summed E-state index contributed by atoms with van der Waals surface area (Å²) in [6.45, 7) is 5.22.